The van der Waals surface area contributed by atoms with Crippen LogP contribution in [0.15, 0.2) is 91.0 Å². The van der Waals surface area contributed by atoms with Gasteiger partial charge in [-0.05, 0) is 167 Å². The number of fused-ring (bicyclic) bond motifs is 1. The molecule has 1 fully saturated rings. The molecule has 5 rings (SSSR count). The van der Waals surface area contributed by atoms with E-state index in [1.165, 1.54) is 48.5 Å². The Morgan fingerprint density at radius 2 is 0.681 bits per heavy atom. The minimum Gasteiger partial charge on any atom is -0.508 e. The number of phenolic OH excluding ortho intramolecular Hbond substituents is 2. The van der Waals surface area contributed by atoms with Gasteiger partial charge in [-0.3, -0.25) is 98.3 Å². The molecule has 4 aromatic rings. The van der Waals surface area contributed by atoms with E-state index in [1.807, 2.05) is 18.2 Å². The lowest BCUT2D eigenvalue weighted by molar-refractivity contribution is -0.143. The number of hydrogen-bond donors (Lipinski definition) is 35. The summed E-state index contributed by atoms with van der Waals surface area (Å²) >= 11 is 8.61. The first-order valence-electron chi connectivity index (χ1n) is 45.7. The molecule has 774 valence electrons. The number of rotatable bonds is 64. The van der Waals surface area contributed by atoms with Crippen molar-refractivity contribution in [3.05, 3.63) is 108 Å². The number of phenols is 2. The maximum Gasteiger partial charge on any atom is 0.312 e. The molecule has 0 spiro atoms. The van der Waals surface area contributed by atoms with Crippen LogP contribution in [0.3, 0.4) is 0 Å². The molecule has 1 aliphatic heterocycles. The van der Waals surface area contributed by atoms with Gasteiger partial charge in [-0.25, -0.2) is 4.79 Å². The number of unbranched alkanes of at least 4 members (excludes halogenated alkanes) is 1. The summed E-state index contributed by atoms with van der Waals surface area (Å²) in [6.45, 7) is -0.0201. The zero-order valence-electron chi connectivity index (χ0n) is 77.9. The normalized spacial score (nSPS) is 14.8. The van der Waals surface area contributed by atoms with Gasteiger partial charge in [0.2, 0.25) is 82.7 Å². The summed E-state index contributed by atoms with van der Waals surface area (Å²) < 4.78 is 0. The van der Waals surface area contributed by atoms with Gasteiger partial charge in [0, 0.05) is 82.9 Å². The monoisotopic (exact) mass is 2010 g/mol. The molecular formula is C88H134N30O21S2. The Hall–Kier alpha value is -14.8. The number of carbonyl (C=O) groups is 17. The summed E-state index contributed by atoms with van der Waals surface area (Å²) in [5.74, 6) is -19.8. The van der Waals surface area contributed by atoms with Crippen molar-refractivity contribution < 1.29 is 102 Å². The van der Waals surface area contributed by atoms with E-state index in [1.54, 1.807) is 24.3 Å². The van der Waals surface area contributed by atoms with Crippen molar-refractivity contribution in [3.63, 3.8) is 0 Å². The van der Waals surface area contributed by atoms with Gasteiger partial charge in [-0.2, -0.15) is 25.3 Å². The molecule has 0 aromatic heterocycles. The highest BCUT2D eigenvalue weighted by Crippen LogP contribution is 2.24. The van der Waals surface area contributed by atoms with E-state index in [2.05, 4.69) is 116 Å². The average Bonchev–Trinajstić information content (AvgIpc) is 1.69. The van der Waals surface area contributed by atoms with E-state index in [0.717, 1.165) is 15.7 Å². The molecule has 1 saturated heterocycles. The Morgan fingerprint density at radius 1 is 0.362 bits per heavy atom. The van der Waals surface area contributed by atoms with Crippen LogP contribution >= 0.6 is 25.3 Å². The summed E-state index contributed by atoms with van der Waals surface area (Å²) in [5, 5.41) is 116. The number of thiol groups is 2. The fraction of sp³-hybridized carbons (Fsp3) is 0.511. The fourth-order valence-electron chi connectivity index (χ4n) is 14.8. The number of nitrogens with two attached hydrogens (primary N) is 8. The van der Waals surface area contributed by atoms with Crippen molar-refractivity contribution in [1.82, 2.24) is 95.3 Å². The summed E-state index contributed by atoms with van der Waals surface area (Å²) in [7, 11) is 0. The fourth-order valence-corrected chi connectivity index (χ4v) is 15.3. The van der Waals surface area contributed by atoms with Crippen LogP contribution in [0, 0.1) is 21.6 Å². The molecule has 14 atom stereocenters. The van der Waals surface area contributed by atoms with Gasteiger partial charge >= 0.3 is 18.0 Å². The second-order valence-electron chi connectivity index (χ2n) is 33.4. The first kappa shape index (κ1) is 117. The Labute approximate surface area is 823 Å². The first-order valence-corrected chi connectivity index (χ1v) is 47.0. The number of guanidine groups is 4. The minimum absolute atomic E-state index is 0.0442. The average molecular weight is 2010 g/mol. The molecule has 51 nitrogen and oxygen atoms in total. The molecule has 0 bridgehead atoms. The number of likely N-dealkylation sites (tertiary alicyclic amines) is 1. The number of amides is 16. The molecule has 41 N–H and O–H groups in total. The Bertz CT molecular complexity index is 4970. The number of hydrogen-bond acceptors (Lipinski definition) is 27. The quantitative estimate of drug-likeness (QED) is 0.00845. The second-order valence-corrected chi connectivity index (χ2v) is 34.2. The molecule has 0 aliphatic carbocycles. The van der Waals surface area contributed by atoms with Gasteiger partial charge in [0.25, 0.3) is 0 Å². The standard InChI is InChI=1S/C88H134N30O21S2/c89-34-4-3-14-56(74(129)112-61(31-33-69(123)124)83(138)118-40-10-19-67(118)82(137)115-63(43-48-23-28-53(120)29-24-48)78(133)110-58(17-8-38-104-87(98)99)73(128)111-60(30-32-68(121)122)76(131)116-65(45-140)80(135)106-55(70(91)125)15-6-36-102-85(94)95)108-72(127)59(18-9-39-105-88(100)139)109-77(132)62(42-47-21-26-52(119)27-22-47)114-81(136)66(46-141)117-79(134)64(44-49-20-25-50-11-1-2-12-51(50)41-49)113-75(130)57(16-7-37-103-86(96)97)107-71(126)54(90)13-5-35-101-84(92)93/h1-2,11-12,20-29,41,54-67,119-120,140-141H,3-10,13-19,30-40,42-46,89-90H2,(H2,91,125)(H,106,135)(H,107,126)(H,108,127)(H,109,132)(H,110,133)(H,111,128)(H,112,129)(H,113,130)(H,114,136)(H,115,137)(H,116,131)(H,117,134)(H,121,122)(H,123,124)(H4,92,93,101)(H4,94,95,102)(H4,96,97,103)(H4,98,99,104)(H3,100,105,139)/t54-,55-,56-,57-,58-,59-,60-,61+,62-,63-,64-,65-,66-,67-/m0/s1. The number of carbonyl (C=O) groups excluding carboxylic acids is 15. The van der Waals surface area contributed by atoms with Crippen LogP contribution in [0.2, 0.25) is 0 Å². The highest BCUT2D eigenvalue weighted by molar-refractivity contribution is 7.80. The van der Waals surface area contributed by atoms with Gasteiger partial charge in [0.05, 0.1) is 6.04 Å². The van der Waals surface area contributed by atoms with Gasteiger partial charge in [-0.15, -0.1) is 0 Å². The third-order valence-electron chi connectivity index (χ3n) is 22.3. The highest BCUT2D eigenvalue weighted by atomic mass is 32.1. The number of carboxylic acid groups (broad SMARTS) is 2. The van der Waals surface area contributed by atoms with Crippen molar-refractivity contribution in [3.8, 4) is 11.5 Å². The highest BCUT2D eigenvalue weighted by Gasteiger charge is 2.42. The number of carboxylic acids is 2. The van der Waals surface area contributed by atoms with E-state index in [0.29, 0.717) is 23.1 Å². The number of benzene rings is 4. The van der Waals surface area contributed by atoms with Crippen molar-refractivity contribution in [2.24, 2.45) is 45.9 Å². The van der Waals surface area contributed by atoms with Crippen LogP contribution in [0.1, 0.15) is 139 Å². The molecule has 0 saturated carbocycles. The van der Waals surface area contributed by atoms with Crippen molar-refractivity contribution in [1.29, 1.82) is 21.6 Å². The molecule has 141 heavy (non-hydrogen) atoms. The van der Waals surface area contributed by atoms with Gasteiger partial charge < -0.3 is 162 Å². The third kappa shape index (κ3) is 43.4. The lowest BCUT2D eigenvalue weighted by Crippen LogP contribution is -2.61. The maximum atomic E-state index is 15.2. The number of aromatic hydroxyl groups is 2. The predicted molar refractivity (Wildman–Crippen MR) is 524 cm³/mol. The number of nitrogens with zero attached hydrogens (tertiary/aromatic N) is 1. The zero-order valence-corrected chi connectivity index (χ0v) is 79.6. The molecule has 0 unspecified atom stereocenters. The van der Waals surface area contributed by atoms with Crippen molar-refractivity contribution in [2.75, 3.05) is 57.3 Å². The van der Waals surface area contributed by atoms with E-state index in [9.17, 15) is 78.0 Å². The summed E-state index contributed by atoms with van der Waals surface area (Å²) in [5.41, 5.74) is 46.0. The van der Waals surface area contributed by atoms with Gasteiger partial charge in [0.1, 0.15) is 90.0 Å². The molecule has 16 amide bonds. The minimum atomic E-state index is -1.80. The van der Waals surface area contributed by atoms with Crippen LogP contribution in [0.4, 0.5) is 4.79 Å². The lowest BCUT2D eigenvalue weighted by atomic mass is 10.00. The molecule has 1 aliphatic rings. The number of aliphatic carboxylic acids is 2. The van der Waals surface area contributed by atoms with E-state index in [4.69, 9.17) is 67.5 Å². The summed E-state index contributed by atoms with van der Waals surface area (Å²) in [6.07, 6.45) is -3.92. The first-order chi connectivity index (χ1) is 67.0. The van der Waals surface area contributed by atoms with E-state index >= 15 is 24.0 Å². The number of urea groups is 1. The van der Waals surface area contributed by atoms with E-state index < -0.39 is 241 Å². The van der Waals surface area contributed by atoms with Gasteiger partial charge in [-0.1, -0.05) is 66.7 Å². The van der Waals surface area contributed by atoms with Gasteiger partial charge in [0.15, 0.2) is 23.8 Å². The molecule has 1 heterocycles. The number of nitrogens with one attached hydrogen (secondary N) is 21. The molecular weight excluding hydrogens is 1880 g/mol. The third-order valence-corrected chi connectivity index (χ3v) is 23.1. The largest absolute Gasteiger partial charge is 0.508 e. The maximum absolute atomic E-state index is 15.2. The van der Waals surface area contributed by atoms with Crippen LogP contribution in [0.25, 0.3) is 10.8 Å². The summed E-state index contributed by atoms with van der Waals surface area (Å²) in [4.78, 5) is 241. The lowest BCUT2D eigenvalue weighted by Gasteiger charge is -2.31. The second kappa shape index (κ2) is 61.5. The van der Waals surface area contributed by atoms with Crippen LogP contribution in [0.5, 0.6) is 11.5 Å². The smallest absolute Gasteiger partial charge is 0.312 e. The van der Waals surface area contributed by atoms with Crippen LogP contribution < -0.4 is 136 Å². The SMILES string of the molecule is N=C(N)NCCC[C@H](NC(=O)[C@H](CS)NC(=O)[C@H](CCC(=O)O)NC(=O)[C@H](CCCNC(=N)N)NC(=O)[C@H](Cc1ccc(O)cc1)NC(=O)[C@@H]1CCCN1C(=O)[C@@H](CCC(=O)O)NC(=O)[C@H](CCCCN)NC(=O)[C@H](CCCNC(N)=O)NC(=O)[C@H](Cc1ccc(O)cc1)NC(=O)[C@H](CS)NC(=O)[C@H](Cc1ccc2ccccc2c1)NC(=O)[C@H](CCCNC(=N)N)NC(=O)[C@@H](N)CCCNC(=N)N)C(N)=O. The number of primary amides is 2. The molecule has 4 aromatic carbocycles. The van der Waals surface area contributed by atoms with Crippen LogP contribution in [-0.2, 0) is 96.0 Å². The molecule has 0 radical (unpaired) electrons. The Balaban J connectivity index is 1.46. The predicted octanol–water partition coefficient (Wildman–Crippen LogP) is -6.88. The van der Waals surface area contributed by atoms with Crippen LogP contribution in [-0.4, -0.2) is 292 Å². The molecule has 53 heteroatoms. The van der Waals surface area contributed by atoms with E-state index in [-0.39, 0.29) is 172 Å². The van der Waals surface area contributed by atoms with Crippen molar-refractivity contribution in [2.45, 2.75) is 226 Å². The van der Waals surface area contributed by atoms with Crippen molar-refractivity contribution >= 4 is 161 Å². The topological polar surface area (TPSA) is 882 Å². The Kier molecular flexibility index (Phi) is 50.9. The zero-order chi connectivity index (χ0) is 104. The Morgan fingerprint density at radius 3 is 1.08 bits per heavy atom. The summed E-state index contributed by atoms with van der Waals surface area (Å²) in [6, 6.07) is 0.321.